The fourth-order valence-corrected chi connectivity index (χ4v) is 3.84. The Labute approximate surface area is 175 Å². The van der Waals surface area contributed by atoms with Gasteiger partial charge in [-0.2, -0.15) is 0 Å². The zero-order valence-corrected chi connectivity index (χ0v) is 17.6. The molecule has 0 amide bonds. The molecule has 0 saturated carbocycles. The van der Waals surface area contributed by atoms with Crippen molar-refractivity contribution in [3.8, 4) is 16.9 Å². The topological polar surface area (TPSA) is 68.7 Å². The summed E-state index contributed by atoms with van der Waals surface area (Å²) in [6.45, 7) is 4.29. The van der Waals surface area contributed by atoms with Crippen molar-refractivity contribution in [1.29, 1.82) is 0 Å². The number of hydrogen-bond acceptors (Lipinski definition) is 5. The summed E-state index contributed by atoms with van der Waals surface area (Å²) in [7, 11) is 3.00. The van der Waals surface area contributed by atoms with Crippen LogP contribution in [-0.2, 0) is 20.7 Å². The van der Waals surface area contributed by atoms with Gasteiger partial charge in [-0.25, -0.2) is 4.39 Å². The van der Waals surface area contributed by atoms with Crippen LogP contribution in [0.25, 0.3) is 22.0 Å². The quantitative estimate of drug-likeness (QED) is 0.563. The van der Waals surface area contributed by atoms with Crippen molar-refractivity contribution in [2.24, 2.45) is 5.92 Å². The first-order valence-electron chi connectivity index (χ1n) is 9.83. The minimum absolute atomic E-state index is 0.0272. The number of aromatic hydroxyl groups is 1. The summed E-state index contributed by atoms with van der Waals surface area (Å²) < 4.78 is 23.9. The third kappa shape index (κ3) is 4.44. The third-order valence-electron chi connectivity index (χ3n) is 5.23. The summed E-state index contributed by atoms with van der Waals surface area (Å²) in [4.78, 5) is 16.9. The molecular formula is C24H26FNO4. The van der Waals surface area contributed by atoms with E-state index >= 15 is 0 Å². The van der Waals surface area contributed by atoms with Crippen LogP contribution in [-0.4, -0.2) is 36.9 Å². The summed E-state index contributed by atoms with van der Waals surface area (Å²) in [6.07, 6.45) is 0.371. The maximum Gasteiger partial charge on any atom is 0.308 e. The van der Waals surface area contributed by atoms with Crippen LogP contribution in [0.15, 0.2) is 42.5 Å². The SMILES string of the molecule is COCC(C)c1c(C[C@H](C)C(=O)OC)nc2cc(O)ccc2c1-c1ccc(F)cc1. The number of nitrogens with zero attached hydrogens (tertiary/aromatic N) is 1. The highest BCUT2D eigenvalue weighted by atomic mass is 19.1. The van der Waals surface area contributed by atoms with E-state index in [0.717, 1.165) is 27.8 Å². The lowest BCUT2D eigenvalue weighted by Crippen LogP contribution is -2.18. The lowest BCUT2D eigenvalue weighted by atomic mass is 9.85. The fourth-order valence-electron chi connectivity index (χ4n) is 3.84. The molecule has 2 atom stereocenters. The minimum Gasteiger partial charge on any atom is -0.508 e. The van der Waals surface area contributed by atoms with Gasteiger partial charge in [0.05, 0.1) is 25.2 Å². The monoisotopic (exact) mass is 411 g/mol. The van der Waals surface area contributed by atoms with Crippen LogP contribution in [0.4, 0.5) is 4.39 Å². The van der Waals surface area contributed by atoms with Crippen LogP contribution >= 0.6 is 0 Å². The predicted molar refractivity (Wildman–Crippen MR) is 114 cm³/mol. The number of aromatic nitrogens is 1. The molecule has 1 aromatic heterocycles. The van der Waals surface area contributed by atoms with Crippen molar-refractivity contribution in [2.45, 2.75) is 26.2 Å². The number of methoxy groups -OCH3 is 2. The van der Waals surface area contributed by atoms with E-state index in [1.807, 2.05) is 13.0 Å². The number of phenols is 1. The molecule has 0 aliphatic heterocycles. The molecule has 0 radical (unpaired) electrons. The van der Waals surface area contributed by atoms with Gasteiger partial charge in [0.2, 0.25) is 0 Å². The molecule has 1 N–H and O–H groups in total. The van der Waals surface area contributed by atoms with Crippen molar-refractivity contribution < 1.29 is 23.8 Å². The second-order valence-electron chi connectivity index (χ2n) is 7.54. The lowest BCUT2D eigenvalue weighted by molar-refractivity contribution is -0.144. The molecule has 0 aliphatic carbocycles. The van der Waals surface area contributed by atoms with Crippen molar-refractivity contribution in [3.63, 3.8) is 0 Å². The lowest BCUT2D eigenvalue weighted by Gasteiger charge is -2.23. The van der Waals surface area contributed by atoms with Gasteiger partial charge in [-0.1, -0.05) is 26.0 Å². The Kier molecular flexibility index (Phi) is 6.67. The molecule has 158 valence electrons. The molecule has 3 rings (SSSR count). The Bertz CT molecular complexity index is 1050. The zero-order valence-electron chi connectivity index (χ0n) is 17.6. The number of carbonyl (C=O) groups excluding carboxylic acids is 1. The summed E-state index contributed by atoms with van der Waals surface area (Å²) in [5.41, 5.74) is 4.01. The van der Waals surface area contributed by atoms with Gasteiger partial charge in [0.25, 0.3) is 0 Å². The van der Waals surface area contributed by atoms with E-state index < -0.39 is 5.92 Å². The first kappa shape index (κ1) is 21.7. The molecule has 2 aromatic carbocycles. The Morgan fingerprint density at radius 2 is 1.83 bits per heavy atom. The normalized spacial score (nSPS) is 13.2. The highest BCUT2D eigenvalue weighted by Gasteiger charge is 2.24. The summed E-state index contributed by atoms with van der Waals surface area (Å²) in [6, 6.07) is 11.3. The second kappa shape index (κ2) is 9.22. The zero-order chi connectivity index (χ0) is 21.8. The molecule has 0 fully saturated rings. The van der Waals surface area contributed by atoms with Gasteiger partial charge in [0, 0.05) is 36.6 Å². The predicted octanol–water partition coefficient (Wildman–Crippen LogP) is 4.85. The van der Waals surface area contributed by atoms with Gasteiger partial charge >= 0.3 is 5.97 Å². The maximum atomic E-state index is 13.6. The summed E-state index contributed by atoms with van der Waals surface area (Å²) >= 11 is 0. The van der Waals surface area contributed by atoms with Crippen LogP contribution in [0.5, 0.6) is 5.75 Å². The van der Waals surface area contributed by atoms with E-state index in [4.69, 9.17) is 14.5 Å². The van der Waals surface area contributed by atoms with E-state index in [9.17, 15) is 14.3 Å². The van der Waals surface area contributed by atoms with Gasteiger partial charge in [-0.05, 0) is 41.0 Å². The molecule has 1 heterocycles. The average Bonchev–Trinajstić information content (AvgIpc) is 2.72. The first-order chi connectivity index (χ1) is 14.3. The molecule has 1 unspecified atom stereocenters. The van der Waals surface area contributed by atoms with Crippen LogP contribution in [0.1, 0.15) is 31.0 Å². The largest absolute Gasteiger partial charge is 0.508 e. The van der Waals surface area contributed by atoms with Crippen LogP contribution in [0.2, 0.25) is 0 Å². The minimum atomic E-state index is -0.396. The number of rotatable bonds is 7. The standard InChI is InChI=1S/C24H26FNO4/c1-14(24(28)30-4)11-21-22(15(2)13-29-3)23(16-5-7-17(25)8-6-16)19-10-9-18(27)12-20(19)26-21/h5-10,12,14-15,27H,11,13H2,1-4H3/t14-,15?/m0/s1. The van der Waals surface area contributed by atoms with Crippen molar-refractivity contribution in [1.82, 2.24) is 4.98 Å². The van der Waals surface area contributed by atoms with E-state index in [-0.39, 0.29) is 23.5 Å². The second-order valence-corrected chi connectivity index (χ2v) is 7.54. The molecule has 0 bridgehead atoms. The van der Waals surface area contributed by atoms with E-state index in [1.54, 1.807) is 38.3 Å². The van der Waals surface area contributed by atoms with Crippen LogP contribution < -0.4 is 0 Å². The number of fused-ring (bicyclic) bond motifs is 1. The molecule has 3 aromatic rings. The molecular weight excluding hydrogens is 385 g/mol. The number of esters is 1. The van der Waals surface area contributed by atoms with Gasteiger partial charge in [-0.3, -0.25) is 9.78 Å². The number of carbonyl (C=O) groups is 1. The number of hydrogen-bond donors (Lipinski definition) is 1. The van der Waals surface area contributed by atoms with Crippen LogP contribution in [0, 0.1) is 11.7 Å². The molecule has 0 saturated heterocycles. The fraction of sp³-hybridized carbons (Fsp3) is 0.333. The van der Waals surface area contributed by atoms with Crippen molar-refractivity contribution in [3.05, 3.63) is 59.5 Å². The smallest absolute Gasteiger partial charge is 0.308 e. The van der Waals surface area contributed by atoms with E-state index in [1.165, 1.54) is 19.2 Å². The van der Waals surface area contributed by atoms with Crippen molar-refractivity contribution >= 4 is 16.9 Å². The van der Waals surface area contributed by atoms with Gasteiger partial charge in [0.15, 0.2) is 0 Å². The summed E-state index contributed by atoms with van der Waals surface area (Å²) in [5, 5.41) is 10.8. The molecule has 30 heavy (non-hydrogen) atoms. The number of phenolic OH excluding ortho intramolecular Hbond substituents is 1. The highest BCUT2D eigenvalue weighted by molar-refractivity contribution is 5.97. The number of pyridine rings is 1. The molecule has 6 heteroatoms. The van der Waals surface area contributed by atoms with Gasteiger partial charge < -0.3 is 14.6 Å². The molecule has 0 aliphatic rings. The number of ether oxygens (including phenoxy) is 2. The molecule has 0 spiro atoms. The van der Waals surface area contributed by atoms with Crippen molar-refractivity contribution in [2.75, 3.05) is 20.8 Å². The van der Waals surface area contributed by atoms with Gasteiger partial charge in [-0.15, -0.1) is 0 Å². The van der Waals surface area contributed by atoms with E-state index in [0.29, 0.717) is 18.5 Å². The number of halogens is 1. The van der Waals surface area contributed by atoms with E-state index in [2.05, 4.69) is 0 Å². The molecule has 5 nitrogen and oxygen atoms in total. The Morgan fingerprint density at radius 3 is 2.47 bits per heavy atom. The van der Waals surface area contributed by atoms with Crippen LogP contribution in [0.3, 0.4) is 0 Å². The third-order valence-corrected chi connectivity index (χ3v) is 5.23. The Balaban J connectivity index is 2.33. The number of benzene rings is 2. The first-order valence-corrected chi connectivity index (χ1v) is 9.83. The Morgan fingerprint density at radius 1 is 1.13 bits per heavy atom. The summed E-state index contributed by atoms with van der Waals surface area (Å²) in [5.74, 6) is -0.959. The average molecular weight is 411 g/mol. The highest BCUT2D eigenvalue weighted by Crippen LogP contribution is 2.39. The van der Waals surface area contributed by atoms with Gasteiger partial charge in [0.1, 0.15) is 11.6 Å². The maximum absolute atomic E-state index is 13.6. The Hall–Kier alpha value is -2.99.